The lowest BCUT2D eigenvalue weighted by atomic mass is 9.76. The summed E-state index contributed by atoms with van der Waals surface area (Å²) in [4.78, 5) is 23.2. The summed E-state index contributed by atoms with van der Waals surface area (Å²) in [6.07, 6.45) is 3.32. The lowest BCUT2D eigenvalue weighted by molar-refractivity contribution is 0.0459. The number of hydrogen-bond donors (Lipinski definition) is 2. The van der Waals surface area contributed by atoms with Gasteiger partial charge >= 0.3 is 12.2 Å². The smallest absolute Gasteiger partial charge is 0.407 e. The Balaban J connectivity index is 0.000000211. The maximum absolute atomic E-state index is 11.6. The number of ether oxygens (including phenoxy) is 2. The molecule has 4 rings (SSSR count). The van der Waals surface area contributed by atoms with Gasteiger partial charge < -0.3 is 20.1 Å². The van der Waals surface area contributed by atoms with Crippen LogP contribution in [0.15, 0.2) is 57.5 Å². The number of amides is 2. The fourth-order valence-electron chi connectivity index (χ4n) is 4.43. The number of carbonyl (C=O) groups is 2. The number of alkyl carbamates (subject to hydrolysis) is 2. The van der Waals surface area contributed by atoms with E-state index in [1.165, 1.54) is 11.1 Å². The van der Waals surface area contributed by atoms with E-state index in [4.69, 9.17) is 9.47 Å². The molecule has 0 aliphatic heterocycles. The molecule has 2 N–H and O–H groups in total. The van der Waals surface area contributed by atoms with Crippen molar-refractivity contribution in [2.24, 2.45) is 0 Å². The van der Waals surface area contributed by atoms with Gasteiger partial charge in [-0.05, 0) is 114 Å². The first-order valence-electron chi connectivity index (χ1n) is 13.2. The average Bonchev–Trinajstić information content (AvgIpc) is 2.72. The summed E-state index contributed by atoms with van der Waals surface area (Å²) in [5, 5.41) is 5.83. The fourth-order valence-corrected chi connectivity index (χ4v) is 4.96. The van der Waals surface area contributed by atoms with Crippen LogP contribution in [0.25, 0.3) is 0 Å². The monoisotopic (exact) mass is 650 g/mol. The normalized spacial score (nSPS) is 22.5. The maximum atomic E-state index is 11.6. The van der Waals surface area contributed by atoms with Crippen molar-refractivity contribution in [3.05, 3.63) is 68.6 Å². The first-order chi connectivity index (χ1) is 17.7. The van der Waals surface area contributed by atoms with Crippen molar-refractivity contribution < 1.29 is 19.1 Å². The molecule has 0 unspecified atom stereocenters. The standard InChI is InChI=1S/2C15H20BrNO2/c2*1-15(2,3)19-14(18)17-13-8-11(9-13)10-4-6-12(16)7-5-10/h2*4-7,11,13H,8-9H2,1-3H3,(H,17,18). The van der Waals surface area contributed by atoms with Crippen LogP contribution in [-0.4, -0.2) is 35.5 Å². The zero-order valence-corrected chi connectivity index (χ0v) is 26.3. The molecule has 0 heterocycles. The van der Waals surface area contributed by atoms with E-state index in [-0.39, 0.29) is 24.3 Å². The Hall–Kier alpha value is -2.06. The van der Waals surface area contributed by atoms with Crippen molar-refractivity contribution >= 4 is 44.0 Å². The van der Waals surface area contributed by atoms with Gasteiger partial charge in [-0.15, -0.1) is 0 Å². The van der Waals surface area contributed by atoms with E-state index in [2.05, 4.69) is 91.0 Å². The Morgan fingerprint density at radius 2 is 0.921 bits per heavy atom. The van der Waals surface area contributed by atoms with Gasteiger partial charge in [-0.1, -0.05) is 56.1 Å². The Morgan fingerprint density at radius 1 is 0.632 bits per heavy atom. The largest absolute Gasteiger partial charge is 0.444 e. The molecule has 0 aromatic heterocycles. The van der Waals surface area contributed by atoms with Crippen molar-refractivity contribution in [3.63, 3.8) is 0 Å². The van der Waals surface area contributed by atoms with Crippen molar-refractivity contribution in [2.75, 3.05) is 0 Å². The molecule has 0 spiro atoms. The molecule has 208 valence electrons. The lowest BCUT2D eigenvalue weighted by Crippen LogP contribution is -2.45. The second-order valence-corrected chi connectivity index (χ2v) is 14.0. The number of rotatable bonds is 4. The summed E-state index contributed by atoms with van der Waals surface area (Å²) in [5.74, 6) is 1.10. The van der Waals surface area contributed by atoms with Crippen LogP contribution >= 0.6 is 31.9 Å². The second-order valence-electron chi connectivity index (χ2n) is 12.1. The summed E-state index contributed by atoms with van der Waals surface area (Å²) in [6.45, 7) is 11.2. The molecular formula is C30H40Br2N2O4. The summed E-state index contributed by atoms with van der Waals surface area (Å²) in [5.41, 5.74) is 1.81. The fraction of sp³-hybridized carbons (Fsp3) is 0.533. The summed E-state index contributed by atoms with van der Waals surface area (Å²) in [7, 11) is 0. The summed E-state index contributed by atoms with van der Waals surface area (Å²) >= 11 is 6.87. The molecule has 8 heteroatoms. The van der Waals surface area contributed by atoms with Crippen LogP contribution in [0.2, 0.25) is 0 Å². The van der Waals surface area contributed by atoms with E-state index < -0.39 is 11.2 Å². The van der Waals surface area contributed by atoms with Crippen molar-refractivity contribution in [3.8, 4) is 0 Å². The predicted octanol–water partition coefficient (Wildman–Crippen LogP) is 8.44. The molecule has 2 aromatic rings. The molecule has 2 aliphatic rings. The van der Waals surface area contributed by atoms with Gasteiger partial charge in [0.25, 0.3) is 0 Å². The van der Waals surface area contributed by atoms with E-state index in [0.29, 0.717) is 11.8 Å². The number of benzene rings is 2. The van der Waals surface area contributed by atoms with Crippen LogP contribution in [0.3, 0.4) is 0 Å². The van der Waals surface area contributed by atoms with Crippen LogP contribution in [0, 0.1) is 0 Å². The third-order valence-corrected chi connectivity index (χ3v) is 7.46. The topological polar surface area (TPSA) is 76.7 Å². The third-order valence-electron chi connectivity index (χ3n) is 6.40. The highest BCUT2D eigenvalue weighted by atomic mass is 79.9. The van der Waals surface area contributed by atoms with Crippen molar-refractivity contribution in [1.82, 2.24) is 10.6 Å². The molecule has 2 aromatic carbocycles. The van der Waals surface area contributed by atoms with Crippen LogP contribution in [0.5, 0.6) is 0 Å². The highest BCUT2D eigenvalue weighted by Gasteiger charge is 2.33. The Bertz CT molecular complexity index is 976. The number of halogens is 2. The zero-order valence-electron chi connectivity index (χ0n) is 23.1. The number of nitrogens with one attached hydrogen (secondary N) is 2. The van der Waals surface area contributed by atoms with Crippen LogP contribution in [0.1, 0.15) is 90.2 Å². The lowest BCUT2D eigenvalue weighted by Gasteiger charge is -2.36. The molecule has 0 radical (unpaired) electrons. The molecule has 0 atom stereocenters. The number of carbonyl (C=O) groups excluding carboxylic acids is 2. The quantitative estimate of drug-likeness (QED) is 0.348. The first-order valence-corrected chi connectivity index (χ1v) is 14.8. The minimum Gasteiger partial charge on any atom is -0.444 e. The van der Waals surface area contributed by atoms with Crippen molar-refractivity contribution in [2.45, 2.75) is 102 Å². The third kappa shape index (κ3) is 10.3. The van der Waals surface area contributed by atoms with E-state index in [1.54, 1.807) is 0 Å². The average molecular weight is 652 g/mol. The molecule has 2 amide bonds. The van der Waals surface area contributed by atoms with Crippen LogP contribution in [0.4, 0.5) is 9.59 Å². The zero-order chi connectivity index (χ0) is 28.1. The molecular weight excluding hydrogens is 612 g/mol. The molecule has 38 heavy (non-hydrogen) atoms. The van der Waals surface area contributed by atoms with Gasteiger partial charge in [0.05, 0.1) is 0 Å². The van der Waals surface area contributed by atoms with Crippen molar-refractivity contribution in [1.29, 1.82) is 0 Å². The van der Waals surface area contributed by atoms with Gasteiger partial charge in [0.1, 0.15) is 11.2 Å². The Kier molecular flexibility index (Phi) is 10.3. The molecule has 6 nitrogen and oxygen atoms in total. The SMILES string of the molecule is CC(C)(C)OC(=O)NC1CC(c2ccc(Br)cc2)C1.CC(C)(C)OC(=O)NC1CC(c2ccc(Br)cc2)C1. The van der Waals surface area contributed by atoms with E-state index in [1.807, 2.05) is 41.5 Å². The van der Waals surface area contributed by atoms with Gasteiger partial charge in [0.2, 0.25) is 0 Å². The summed E-state index contributed by atoms with van der Waals surface area (Å²) in [6, 6.07) is 17.3. The molecule has 2 saturated carbocycles. The van der Waals surface area contributed by atoms with Crippen LogP contribution in [-0.2, 0) is 9.47 Å². The Labute approximate surface area is 243 Å². The predicted molar refractivity (Wildman–Crippen MR) is 159 cm³/mol. The van der Waals surface area contributed by atoms with Gasteiger partial charge in [0.15, 0.2) is 0 Å². The number of hydrogen-bond acceptors (Lipinski definition) is 4. The molecule has 0 bridgehead atoms. The van der Waals surface area contributed by atoms with E-state index in [0.717, 1.165) is 34.6 Å². The first kappa shape index (κ1) is 30.5. The van der Waals surface area contributed by atoms with E-state index >= 15 is 0 Å². The summed E-state index contributed by atoms with van der Waals surface area (Å²) < 4.78 is 12.7. The van der Waals surface area contributed by atoms with E-state index in [9.17, 15) is 9.59 Å². The Morgan fingerprint density at radius 3 is 1.18 bits per heavy atom. The van der Waals surface area contributed by atoms with Gasteiger partial charge in [-0.3, -0.25) is 0 Å². The van der Waals surface area contributed by atoms with Gasteiger partial charge in [0, 0.05) is 21.0 Å². The maximum Gasteiger partial charge on any atom is 0.407 e. The highest BCUT2D eigenvalue weighted by Crippen LogP contribution is 2.38. The minimum absolute atomic E-state index is 0.239. The second kappa shape index (κ2) is 12.9. The molecule has 2 aliphatic carbocycles. The molecule has 0 saturated heterocycles. The van der Waals surface area contributed by atoms with Gasteiger partial charge in [-0.2, -0.15) is 0 Å². The minimum atomic E-state index is -0.432. The van der Waals surface area contributed by atoms with Crippen LogP contribution < -0.4 is 10.6 Å². The highest BCUT2D eigenvalue weighted by molar-refractivity contribution is 9.10. The van der Waals surface area contributed by atoms with Gasteiger partial charge in [-0.25, -0.2) is 9.59 Å². The molecule has 2 fully saturated rings.